The number of carbonyl (C=O) groups is 1. The summed E-state index contributed by atoms with van der Waals surface area (Å²) in [5.41, 5.74) is 0.607. The zero-order valence-electron chi connectivity index (χ0n) is 13.9. The number of likely N-dealkylation sites (tertiary alicyclic amines) is 1. The van der Waals surface area contributed by atoms with E-state index in [9.17, 15) is 22.0 Å². The number of amides is 1. The van der Waals surface area contributed by atoms with Crippen LogP contribution in [-0.4, -0.2) is 32.3 Å². The van der Waals surface area contributed by atoms with Crippen LogP contribution in [0.25, 0.3) is 0 Å². The van der Waals surface area contributed by atoms with Crippen molar-refractivity contribution < 1.29 is 22.0 Å². The number of carbonyl (C=O) groups excluding carboxylic acids is 1. The van der Waals surface area contributed by atoms with Crippen molar-refractivity contribution in [3.63, 3.8) is 0 Å². The number of sulfonamides is 1. The Morgan fingerprint density at radius 2 is 1.62 bits per heavy atom. The molecule has 1 heterocycles. The molecule has 138 valence electrons. The van der Waals surface area contributed by atoms with Gasteiger partial charge in [-0.05, 0) is 61.7 Å². The molecule has 2 aromatic carbocycles. The lowest BCUT2D eigenvalue weighted by Gasteiger charge is -2.26. The molecule has 1 amide bonds. The predicted octanol–water partition coefficient (Wildman–Crippen LogP) is 3.39. The first-order chi connectivity index (χ1) is 12.4. The summed E-state index contributed by atoms with van der Waals surface area (Å²) in [6, 6.07) is 8.08. The maximum absolute atomic E-state index is 13.7. The highest BCUT2D eigenvalue weighted by atomic mass is 32.2. The highest BCUT2D eigenvalue weighted by molar-refractivity contribution is 7.92. The molecule has 0 saturated carbocycles. The summed E-state index contributed by atoms with van der Waals surface area (Å²) in [5, 5.41) is 0. The standard InChI is InChI=1S/C18H18F2N2O3S/c19-14-6-9-16(20)17(12-14)26(24,25)21-15-7-4-13(5-8-15)18(23)22-10-2-1-3-11-22/h4-9,12,21H,1-3,10-11H2. The molecular weight excluding hydrogens is 362 g/mol. The van der Waals surface area contributed by atoms with E-state index < -0.39 is 26.6 Å². The van der Waals surface area contributed by atoms with Gasteiger partial charge in [0.25, 0.3) is 15.9 Å². The molecule has 8 heteroatoms. The van der Waals surface area contributed by atoms with Crippen LogP contribution in [-0.2, 0) is 10.0 Å². The van der Waals surface area contributed by atoms with E-state index >= 15 is 0 Å². The Morgan fingerprint density at radius 3 is 2.27 bits per heavy atom. The molecule has 0 unspecified atom stereocenters. The van der Waals surface area contributed by atoms with Gasteiger partial charge in [-0.25, -0.2) is 17.2 Å². The van der Waals surface area contributed by atoms with Crippen molar-refractivity contribution >= 4 is 21.6 Å². The van der Waals surface area contributed by atoms with Gasteiger partial charge in [-0.3, -0.25) is 9.52 Å². The number of rotatable bonds is 4. The van der Waals surface area contributed by atoms with E-state index in [-0.39, 0.29) is 11.6 Å². The quantitative estimate of drug-likeness (QED) is 0.884. The summed E-state index contributed by atoms with van der Waals surface area (Å²) in [6.07, 6.45) is 3.06. The van der Waals surface area contributed by atoms with Crippen molar-refractivity contribution in [2.24, 2.45) is 0 Å². The topological polar surface area (TPSA) is 66.5 Å². The normalized spacial score (nSPS) is 14.9. The number of hydrogen-bond acceptors (Lipinski definition) is 3. The summed E-state index contributed by atoms with van der Waals surface area (Å²) < 4.78 is 53.6. The number of nitrogens with one attached hydrogen (secondary N) is 1. The molecular formula is C18H18F2N2O3S. The fourth-order valence-corrected chi connectivity index (χ4v) is 4.00. The second-order valence-electron chi connectivity index (χ2n) is 6.11. The summed E-state index contributed by atoms with van der Waals surface area (Å²) in [5.74, 6) is -2.00. The Morgan fingerprint density at radius 1 is 0.962 bits per heavy atom. The number of anilines is 1. The van der Waals surface area contributed by atoms with Crippen molar-refractivity contribution in [3.8, 4) is 0 Å². The largest absolute Gasteiger partial charge is 0.339 e. The molecule has 0 bridgehead atoms. The molecule has 0 atom stereocenters. The third-order valence-corrected chi connectivity index (χ3v) is 5.61. The molecule has 0 aliphatic carbocycles. The van der Waals surface area contributed by atoms with Crippen LogP contribution in [0.3, 0.4) is 0 Å². The van der Waals surface area contributed by atoms with Gasteiger partial charge in [0.2, 0.25) is 0 Å². The molecule has 0 radical (unpaired) electrons. The highest BCUT2D eigenvalue weighted by Crippen LogP contribution is 2.21. The molecule has 1 saturated heterocycles. The minimum Gasteiger partial charge on any atom is -0.339 e. The van der Waals surface area contributed by atoms with Crippen molar-refractivity contribution in [1.29, 1.82) is 0 Å². The van der Waals surface area contributed by atoms with E-state index in [0.29, 0.717) is 24.7 Å². The Labute approximate surface area is 150 Å². The first-order valence-corrected chi connectivity index (χ1v) is 9.72. The summed E-state index contributed by atoms with van der Waals surface area (Å²) >= 11 is 0. The van der Waals surface area contributed by atoms with E-state index in [1.807, 2.05) is 0 Å². The maximum Gasteiger partial charge on any atom is 0.264 e. The Bertz CT molecular complexity index is 909. The van der Waals surface area contributed by atoms with Gasteiger partial charge in [-0.1, -0.05) is 0 Å². The molecule has 0 spiro atoms. The Kier molecular flexibility index (Phi) is 5.22. The van der Waals surface area contributed by atoms with Crippen LogP contribution >= 0.6 is 0 Å². The van der Waals surface area contributed by atoms with Crippen LogP contribution in [0.5, 0.6) is 0 Å². The van der Waals surface area contributed by atoms with Gasteiger partial charge in [0, 0.05) is 24.3 Å². The number of hydrogen-bond donors (Lipinski definition) is 1. The van der Waals surface area contributed by atoms with Crippen LogP contribution in [0.1, 0.15) is 29.6 Å². The third-order valence-electron chi connectivity index (χ3n) is 4.21. The molecule has 1 aliphatic heterocycles. The Balaban J connectivity index is 1.76. The van der Waals surface area contributed by atoms with Crippen molar-refractivity contribution in [1.82, 2.24) is 4.90 Å². The van der Waals surface area contributed by atoms with Crippen LogP contribution in [0.2, 0.25) is 0 Å². The lowest BCUT2D eigenvalue weighted by Crippen LogP contribution is -2.35. The summed E-state index contributed by atoms with van der Waals surface area (Å²) in [6.45, 7) is 1.43. The molecule has 2 aromatic rings. The zero-order valence-corrected chi connectivity index (χ0v) is 14.7. The van der Waals surface area contributed by atoms with Gasteiger partial charge in [0.15, 0.2) is 0 Å². The second kappa shape index (κ2) is 7.41. The molecule has 1 fully saturated rings. The Hall–Kier alpha value is -2.48. The first kappa shape index (κ1) is 18.3. The molecule has 5 nitrogen and oxygen atoms in total. The molecule has 0 aromatic heterocycles. The highest BCUT2D eigenvalue weighted by Gasteiger charge is 2.21. The minimum absolute atomic E-state index is 0.102. The minimum atomic E-state index is -4.28. The summed E-state index contributed by atoms with van der Waals surface area (Å²) in [7, 11) is -4.28. The molecule has 1 aliphatic rings. The number of nitrogens with zero attached hydrogens (tertiary/aromatic N) is 1. The smallest absolute Gasteiger partial charge is 0.264 e. The second-order valence-corrected chi connectivity index (χ2v) is 7.76. The van der Waals surface area contributed by atoms with Gasteiger partial charge in [0.05, 0.1) is 0 Å². The van der Waals surface area contributed by atoms with Crippen LogP contribution < -0.4 is 4.72 Å². The van der Waals surface area contributed by atoms with E-state index in [0.717, 1.165) is 31.4 Å². The van der Waals surface area contributed by atoms with Gasteiger partial charge in [-0.15, -0.1) is 0 Å². The van der Waals surface area contributed by atoms with Crippen molar-refractivity contribution in [2.45, 2.75) is 24.2 Å². The lowest BCUT2D eigenvalue weighted by molar-refractivity contribution is 0.0724. The van der Waals surface area contributed by atoms with Gasteiger partial charge < -0.3 is 4.90 Å². The molecule has 3 rings (SSSR count). The van der Waals surface area contributed by atoms with Gasteiger partial charge in [-0.2, -0.15) is 0 Å². The fourth-order valence-electron chi connectivity index (χ4n) is 2.85. The zero-order chi connectivity index (χ0) is 18.7. The van der Waals surface area contributed by atoms with Gasteiger partial charge in [0.1, 0.15) is 16.5 Å². The van der Waals surface area contributed by atoms with E-state index in [1.165, 1.54) is 24.3 Å². The number of benzene rings is 2. The van der Waals surface area contributed by atoms with Crippen LogP contribution in [0, 0.1) is 11.6 Å². The van der Waals surface area contributed by atoms with Gasteiger partial charge >= 0.3 is 0 Å². The van der Waals surface area contributed by atoms with E-state index in [4.69, 9.17) is 0 Å². The maximum atomic E-state index is 13.7. The third kappa shape index (κ3) is 4.01. The summed E-state index contributed by atoms with van der Waals surface area (Å²) in [4.78, 5) is 13.4. The average molecular weight is 380 g/mol. The van der Waals surface area contributed by atoms with Crippen molar-refractivity contribution in [3.05, 3.63) is 59.7 Å². The van der Waals surface area contributed by atoms with Crippen LogP contribution in [0.4, 0.5) is 14.5 Å². The predicted molar refractivity (Wildman–Crippen MR) is 93.4 cm³/mol. The van der Waals surface area contributed by atoms with E-state index in [2.05, 4.69) is 4.72 Å². The van der Waals surface area contributed by atoms with Crippen molar-refractivity contribution in [2.75, 3.05) is 17.8 Å². The SMILES string of the molecule is O=C(c1ccc(NS(=O)(=O)c2cc(F)ccc2F)cc1)N1CCCCC1. The number of halogens is 2. The molecule has 26 heavy (non-hydrogen) atoms. The monoisotopic (exact) mass is 380 g/mol. The van der Waals surface area contributed by atoms with Crippen LogP contribution in [0.15, 0.2) is 47.4 Å². The lowest BCUT2D eigenvalue weighted by atomic mass is 10.1. The first-order valence-electron chi connectivity index (χ1n) is 8.24. The molecule has 1 N–H and O–H groups in total. The van der Waals surface area contributed by atoms with E-state index in [1.54, 1.807) is 4.90 Å². The fraction of sp³-hybridized carbons (Fsp3) is 0.278. The number of piperidine rings is 1. The average Bonchev–Trinajstić information content (AvgIpc) is 2.64.